The minimum absolute atomic E-state index is 0.0579. The van der Waals surface area contributed by atoms with Crippen LogP contribution < -0.4 is 0 Å². The molecule has 3 N–H and O–H groups in total. The maximum atomic E-state index is 10.8. The zero-order chi connectivity index (χ0) is 12.1. The molecule has 1 aromatic rings. The van der Waals surface area contributed by atoms with Crippen molar-refractivity contribution < 1.29 is 20.1 Å². The predicted molar refractivity (Wildman–Crippen MR) is 56.3 cm³/mol. The van der Waals surface area contributed by atoms with E-state index in [-0.39, 0.29) is 17.0 Å². The Hall–Kier alpha value is -1.60. The van der Waals surface area contributed by atoms with E-state index >= 15 is 0 Å². The number of carbonyl (C=O) groups is 1. The number of carboxylic acid groups (broad SMARTS) is 1. The van der Waals surface area contributed by atoms with Crippen molar-refractivity contribution in [3.8, 4) is 0 Å². The van der Waals surface area contributed by atoms with Crippen LogP contribution in [0.15, 0.2) is 16.6 Å². The summed E-state index contributed by atoms with van der Waals surface area (Å²) in [4.78, 5) is 13.3. The number of hydrogen-bond donors (Lipinski definition) is 3. The summed E-state index contributed by atoms with van der Waals surface area (Å²) in [5.74, 6) is -1.17. The van der Waals surface area contributed by atoms with Crippen molar-refractivity contribution >= 4 is 17.3 Å². The van der Waals surface area contributed by atoms with Crippen LogP contribution in [0.2, 0.25) is 0 Å². The Kier molecular flexibility index (Phi) is 4.27. The first-order valence-electron chi connectivity index (χ1n) is 4.25. The fourth-order valence-electron chi connectivity index (χ4n) is 1.12. The normalized spacial score (nSPS) is 13.9. The molecule has 2 atom stereocenters. The molecule has 86 valence electrons. The van der Waals surface area contributed by atoms with Crippen molar-refractivity contribution in [1.82, 2.24) is 0 Å². The highest BCUT2D eigenvalue weighted by molar-refractivity contribution is 7.10. The molecule has 1 heterocycles. The first kappa shape index (κ1) is 12.5. The SMILES string of the molecule is [N-]=[N+]=NCC(O)C(O)c1sccc1C(=O)O. The maximum Gasteiger partial charge on any atom is 0.336 e. The molecule has 1 rings (SSSR count). The summed E-state index contributed by atoms with van der Waals surface area (Å²) in [6, 6.07) is 1.34. The Labute approximate surface area is 94.2 Å². The van der Waals surface area contributed by atoms with Crippen molar-refractivity contribution in [3.05, 3.63) is 32.3 Å². The van der Waals surface area contributed by atoms with Crippen LogP contribution in [0.3, 0.4) is 0 Å². The van der Waals surface area contributed by atoms with E-state index in [9.17, 15) is 15.0 Å². The lowest BCUT2D eigenvalue weighted by Gasteiger charge is -2.15. The van der Waals surface area contributed by atoms with Gasteiger partial charge in [0.1, 0.15) is 6.10 Å². The molecule has 2 unspecified atom stereocenters. The number of aromatic carboxylic acids is 1. The molecule has 1 aromatic heterocycles. The molecule has 0 saturated heterocycles. The summed E-state index contributed by atoms with van der Waals surface area (Å²) in [6.07, 6.45) is -2.68. The smallest absolute Gasteiger partial charge is 0.336 e. The van der Waals surface area contributed by atoms with Gasteiger partial charge in [-0.25, -0.2) is 4.79 Å². The third kappa shape index (κ3) is 2.71. The molecular weight excluding hydrogens is 234 g/mol. The fraction of sp³-hybridized carbons (Fsp3) is 0.375. The number of nitrogens with zero attached hydrogens (tertiary/aromatic N) is 3. The number of thiophene rings is 1. The molecule has 0 aliphatic heterocycles. The topological polar surface area (TPSA) is 127 Å². The minimum Gasteiger partial charge on any atom is -0.478 e. The molecule has 0 bridgehead atoms. The van der Waals surface area contributed by atoms with E-state index in [1.807, 2.05) is 0 Å². The van der Waals surface area contributed by atoms with Crippen LogP contribution in [0.5, 0.6) is 0 Å². The number of carboxylic acids is 1. The van der Waals surface area contributed by atoms with Gasteiger partial charge in [-0.3, -0.25) is 0 Å². The molecule has 0 fully saturated rings. The quantitative estimate of drug-likeness (QED) is 0.407. The minimum atomic E-state index is -1.36. The van der Waals surface area contributed by atoms with E-state index in [4.69, 9.17) is 10.6 Å². The van der Waals surface area contributed by atoms with E-state index < -0.39 is 18.2 Å². The van der Waals surface area contributed by atoms with Gasteiger partial charge in [0, 0.05) is 4.91 Å². The van der Waals surface area contributed by atoms with Gasteiger partial charge in [0.25, 0.3) is 0 Å². The van der Waals surface area contributed by atoms with Gasteiger partial charge < -0.3 is 15.3 Å². The van der Waals surface area contributed by atoms with E-state index in [2.05, 4.69) is 10.0 Å². The largest absolute Gasteiger partial charge is 0.478 e. The highest BCUT2D eigenvalue weighted by Crippen LogP contribution is 2.27. The average Bonchev–Trinajstić information content (AvgIpc) is 2.73. The van der Waals surface area contributed by atoms with Crippen LogP contribution in [-0.4, -0.2) is 33.9 Å². The molecular formula is C8H9N3O4S. The third-order valence-electron chi connectivity index (χ3n) is 1.89. The second-order valence-electron chi connectivity index (χ2n) is 2.93. The molecule has 16 heavy (non-hydrogen) atoms. The van der Waals surface area contributed by atoms with Crippen LogP contribution in [0.4, 0.5) is 0 Å². The van der Waals surface area contributed by atoms with Crippen LogP contribution in [0.25, 0.3) is 10.4 Å². The van der Waals surface area contributed by atoms with E-state index in [0.29, 0.717) is 0 Å². The molecule has 0 saturated carbocycles. The number of rotatable bonds is 5. The van der Waals surface area contributed by atoms with Crippen molar-refractivity contribution in [2.45, 2.75) is 12.2 Å². The summed E-state index contributed by atoms with van der Waals surface area (Å²) in [7, 11) is 0. The number of aliphatic hydroxyl groups is 2. The predicted octanol–water partition coefficient (Wildman–Crippen LogP) is 1.15. The fourth-order valence-corrected chi connectivity index (χ4v) is 2.05. The van der Waals surface area contributed by atoms with E-state index in [1.165, 1.54) is 11.4 Å². The van der Waals surface area contributed by atoms with Crippen LogP contribution in [0.1, 0.15) is 21.3 Å². The molecule has 0 amide bonds. The van der Waals surface area contributed by atoms with Gasteiger partial charge in [0.15, 0.2) is 0 Å². The average molecular weight is 243 g/mol. The second kappa shape index (κ2) is 5.47. The molecule has 0 spiro atoms. The van der Waals surface area contributed by atoms with Crippen molar-refractivity contribution in [3.63, 3.8) is 0 Å². The first-order valence-corrected chi connectivity index (χ1v) is 5.13. The zero-order valence-electron chi connectivity index (χ0n) is 8.02. The van der Waals surface area contributed by atoms with Gasteiger partial charge >= 0.3 is 5.97 Å². The summed E-state index contributed by atoms with van der Waals surface area (Å²) >= 11 is 1.02. The number of aliphatic hydroxyl groups excluding tert-OH is 2. The van der Waals surface area contributed by atoms with Crippen molar-refractivity contribution in [2.24, 2.45) is 5.11 Å². The molecule has 0 aliphatic carbocycles. The summed E-state index contributed by atoms with van der Waals surface area (Å²) in [5, 5.41) is 32.5. The van der Waals surface area contributed by atoms with Crippen molar-refractivity contribution in [1.29, 1.82) is 0 Å². The summed E-state index contributed by atoms with van der Waals surface area (Å²) in [6.45, 7) is -0.311. The molecule has 0 radical (unpaired) electrons. The second-order valence-corrected chi connectivity index (χ2v) is 3.88. The zero-order valence-corrected chi connectivity index (χ0v) is 8.83. The monoisotopic (exact) mass is 243 g/mol. The van der Waals surface area contributed by atoms with Crippen LogP contribution in [-0.2, 0) is 0 Å². The lowest BCUT2D eigenvalue weighted by Crippen LogP contribution is -2.21. The lowest BCUT2D eigenvalue weighted by molar-refractivity contribution is 0.0255. The Balaban J connectivity index is 2.86. The van der Waals surface area contributed by atoms with Crippen LogP contribution in [0, 0.1) is 0 Å². The Morgan fingerprint density at radius 2 is 2.31 bits per heavy atom. The van der Waals surface area contributed by atoms with Gasteiger partial charge in [-0.05, 0) is 17.0 Å². The Morgan fingerprint density at radius 3 is 2.88 bits per heavy atom. The van der Waals surface area contributed by atoms with E-state index in [1.54, 1.807) is 0 Å². The molecule has 7 nitrogen and oxygen atoms in total. The molecule has 0 aromatic carbocycles. The highest BCUT2D eigenvalue weighted by Gasteiger charge is 2.24. The van der Waals surface area contributed by atoms with Gasteiger partial charge in [-0.15, -0.1) is 11.3 Å². The van der Waals surface area contributed by atoms with Gasteiger partial charge in [0.05, 0.1) is 23.1 Å². The van der Waals surface area contributed by atoms with Gasteiger partial charge in [0.2, 0.25) is 0 Å². The third-order valence-corrected chi connectivity index (χ3v) is 2.88. The standard InChI is InChI=1S/C8H9N3O4S/c9-11-10-3-5(12)6(13)7-4(8(14)15)1-2-16-7/h1-2,5-6,12-13H,3H2,(H,14,15). The number of azide groups is 1. The Morgan fingerprint density at radius 1 is 1.62 bits per heavy atom. The van der Waals surface area contributed by atoms with Gasteiger partial charge in [-0.1, -0.05) is 5.11 Å². The van der Waals surface area contributed by atoms with Gasteiger partial charge in [-0.2, -0.15) is 0 Å². The maximum absolute atomic E-state index is 10.8. The summed E-state index contributed by atoms with van der Waals surface area (Å²) < 4.78 is 0. The van der Waals surface area contributed by atoms with Crippen LogP contribution >= 0.6 is 11.3 Å². The lowest BCUT2D eigenvalue weighted by atomic mass is 10.1. The van der Waals surface area contributed by atoms with Crippen molar-refractivity contribution in [2.75, 3.05) is 6.54 Å². The molecule has 0 aliphatic rings. The molecule has 8 heteroatoms. The number of hydrogen-bond acceptors (Lipinski definition) is 5. The summed E-state index contributed by atoms with van der Waals surface area (Å²) in [5.41, 5.74) is 7.99. The Bertz CT molecular complexity index is 427. The highest BCUT2D eigenvalue weighted by atomic mass is 32.1. The first-order chi connectivity index (χ1) is 7.57. The van der Waals surface area contributed by atoms with E-state index in [0.717, 1.165) is 11.3 Å².